The van der Waals surface area contributed by atoms with Gasteiger partial charge in [0.15, 0.2) is 0 Å². The molecule has 2 fully saturated rings. The summed E-state index contributed by atoms with van der Waals surface area (Å²) < 4.78 is 11.5. The Labute approximate surface area is 221 Å². The molecule has 3 nitrogen and oxygen atoms in total. The van der Waals surface area contributed by atoms with Crippen LogP contribution in [-0.2, 0) is 14.3 Å². The van der Waals surface area contributed by atoms with Crippen LogP contribution in [0.2, 0.25) is 0 Å². The van der Waals surface area contributed by atoms with E-state index in [0.717, 1.165) is 25.2 Å². The third-order valence-corrected chi connectivity index (χ3v) is 12.3. The molecule has 7 atom stereocenters. The molecule has 4 rings (SSSR count). The van der Waals surface area contributed by atoms with E-state index in [1.54, 1.807) is 14.0 Å². The number of hydrogen-bond donors (Lipinski definition) is 0. The number of esters is 1. The highest BCUT2D eigenvalue weighted by atomic mass is 16.5. The summed E-state index contributed by atoms with van der Waals surface area (Å²) in [6, 6.07) is 0. The van der Waals surface area contributed by atoms with Gasteiger partial charge in [0, 0.05) is 19.4 Å². The average Bonchev–Trinajstić information content (AvgIpc) is 3.07. The summed E-state index contributed by atoms with van der Waals surface area (Å²) in [5.41, 5.74) is 4.42. The molecule has 0 aromatic rings. The number of carbonyl (C=O) groups excluding carboxylic acids is 1. The summed E-state index contributed by atoms with van der Waals surface area (Å²) in [5, 5.41) is 0. The van der Waals surface area contributed by atoms with Crippen LogP contribution in [0, 0.1) is 39.4 Å². The molecule has 4 aliphatic carbocycles. The highest BCUT2D eigenvalue weighted by Crippen LogP contribution is 2.72. The monoisotopic (exact) mass is 498 g/mol. The third-order valence-electron chi connectivity index (χ3n) is 12.3. The van der Waals surface area contributed by atoms with Gasteiger partial charge in [0.1, 0.15) is 6.10 Å². The van der Waals surface area contributed by atoms with Crippen LogP contribution >= 0.6 is 0 Å². The number of carbonyl (C=O) groups is 1. The van der Waals surface area contributed by atoms with Crippen LogP contribution in [0.1, 0.15) is 120 Å². The minimum absolute atomic E-state index is 0.0217. The summed E-state index contributed by atoms with van der Waals surface area (Å²) in [6.07, 6.45) is 15.7. The number of hydrogen-bond acceptors (Lipinski definition) is 3. The minimum atomic E-state index is -0.186. The number of allylic oxidation sites excluding steroid dienone is 3. The molecule has 0 aromatic heterocycles. The van der Waals surface area contributed by atoms with E-state index in [-0.39, 0.29) is 28.5 Å². The second kappa shape index (κ2) is 9.28. The summed E-state index contributed by atoms with van der Waals surface area (Å²) in [5.74, 6) is 1.92. The van der Waals surface area contributed by atoms with Gasteiger partial charge in [-0.05, 0) is 106 Å². The second-order valence-electron chi connectivity index (χ2n) is 14.7. The molecular weight excluding hydrogens is 444 g/mol. The van der Waals surface area contributed by atoms with E-state index in [9.17, 15) is 4.79 Å². The molecule has 3 heteroatoms. The van der Waals surface area contributed by atoms with Crippen molar-refractivity contribution in [1.29, 1.82) is 0 Å². The summed E-state index contributed by atoms with van der Waals surface area (Å²) in [6.45, 7) is 20.9. The second-order valence-corrected chi connectivity index (χ2v) is 14.7. The SMILES string of the molecule is COC(C)(C)C=CCC(C)C1CCC2(C)C3=C(CCC12C)C1(C)CCC(OC(C)=O)C(C)(C)C1CC3. The zero-order chi connectivity index (χ0) is 26.7. The van der Waals surface area contributed by atoms with Crippen molar-refractivity contribution < 1.29 is 14.3 Å². The summed E-state index contributed by atoms with van der Waals surface area (Å²) >= 11 is 0. The van der Waals surface area contributed by atoms with E-state index in [4.69, 9.17) is 9.47 Å². The maximum Gasteiger partial charge on any atom is 0.302 e. The van der Waals surface area contributed by atoms with Crippen molar-refractivity contribution in [3.63, 3.8) is 0 Å². The first kappa shape index (κ1) is 27.9. The van der Waals surface area contributed by atoms with Gasteiger partial charge in [-0.3, -0.25) is 4.79 Å². The average molecular weight is 499 g/mol. The van der Waals surface area contributed by atoms with Gasteiger partial charge in [-0.1, -0.05) is 64.8 Å². The van der Waals surface area contributed by atoms with E-state index in [1.807, 2.05) is 11.1 Å². The van der Waals surface area contributed by atoms with Gasteiger partial charge in [-0.2, -0.15) is 0 Å². The Balaban J connectivity index is 1.60. The van der Waals surface area contributed by atoms with Gasteiger partial charge >= 0.3 is 5.97 Å². The van der Waals surface area contributed by atoms with Crippen molar-refractivity contribution in [2.45, 2.75) is 132 Å². The predicted molar refractivity (Wildman–Crippen MR) is 149 cm³/mol. The molecule has 4 aliphatic rings. The number of fused-ring (bicyclic) bond motifs is 4. The Kier molecular flexibility index (Phi) is 7.20. The quantitative estimate of drug-likeness (QED) is 0.271. The first-order valence-electron chi connectivity index (χ1n) is 14.8. The molecule has 0 spiro atoms. The lowest BCUT2D eigenvalue weighted by Crippen LogP contribution is -2.55. The van der Waals surface area contributed by atoms with Gasteiger partial charge in [0.2, 0.25) is 0 Å². The molecule has 0 amide bonds. The van der Waals surface area contributed by atoms with Crippen LogP contribution in [0.3, 0.4) is 0 Å². The molecule has 0 bridgehead atoms. The van der Waals surface area contributed by atoms with Gasteiger partial charge in [0.05, 0.1) is 5.60 Å². The van der Waals surface area contributed by atoms with Crippen molar-refractivity contribution in [1.82, 2.24) is 0 Å². The van der Waals surface area contributed by atoms with Gasteiger partial charge in [-0.15, -0.1) is 0 Å². The van der Waals surface area contributed by atoms with E-state index >= 15 is 0 Å². The van der Waals surface area contributed by atoms with Crippen LogP contribution < -0.4 is 0 Å². The Morgan fingerprint density at radius 2 is 1.72 bits per heavy atom. The van der Waals surface area contributed by atoms with Crippen LogP contribution in [0.5, 0.6) is 0 Å². The normalized spacial score (nSPS) is 41.0. The fourth-order valence-electron chi connectivity index (χ4n) is 9.83. The standard InChI is InChI=1S/C33H54O3/c1-22(12-11-18-29(3,4)35-10)24-15-20-33(9)26-13-14-27-30(5,6)28(36-23(2)34)17-19-31(27,7)25(26)16-21-32(24,33)8/h11,18,22,24,27-28H,12-17,19-21H2,1-10H3. The Morgan fingerprint density at radius 1 is 1.03 bits per heavy atom. The lowest BCUT2D eigenvalue weighted by atomic mass is 9.43. The first-order valence-corrected chi connectivity index (χ1v) is 14.8. The highest BCUT2D eigenvalue weighted by molar-refractivity contribution is 5.66. The highest BCUT2D eigenvalue weighted by Gasteiger charge is 2.63. The molecule has 0 radical (unpaired) electrons. The number of methoxy groups -OCH3 is 1. The van der Waals surface area contributed by atoms with E-state index < -0.39 is 0 Å². The fourth-order valence-corrected chi connectivity index (χ4v) is 9.83. The zero-order valence-electron chi connectivity index (χ0n) is 25.1. The largest absolute Gasteiger partial charge is 0.462 e. The first-order chi connectivity index (χ1) is 16.6. The van der Waals surface area contributed by atoms with Crippen LogP contribution in [0.4, 0.5) is 0 Å². The molecule has 0 aliphatic heterocycles. The van der Waals surface area contributed by atoms with E-state index in [2.05, 4.69) is 67.5 Å². The summed E-state index contributed by atoms with van der Waals surface area (Å²) in [7, 11) is 1.80. The fraction of sp³-hybridized carbons (Fsp3) is 0.848. The van der Waals surface area contributed by atoms with Crippen molar-refractivity contribution in [2.24, 2.45) is 39.4 Å². The number of ether oxygens (including phenoxy) is 2. The van der Waals surface area contributed by atoms with Gasteiger partial charge < -0.3 is 9.47 Å². The lowest BCUT2D eigenvalue weighted by Gasteiger charge is -2.62. The van der Waals surface area contributed by atoms with Crippen LogP contribution in [0.25, 0.3) is 0 Å². The molecule has 36 heavy (non-hydrogen) atoms. The molecule has 0 heterocycles. The van der Waals surface area contributed by atoms with Crippen molar-refractivity contribution >= 4 is 5.97 Å². The van der Waals surface area contributed by atoms with Gasteiger partial charge in [-0.25, -0.2) is 0 Å². The topological polar surface area (TPSA) is 35.5 Å². The maximum atomic E-state index is 11.8. The molecule has 0 N–H and O–H groups in total. The third kappa shape index (κ3) is 4.24. The predicted octanol–water partition coefficient (Wildman–Crippen LogP) is 8.67. The Hall–Kier alpha value is -1.09. The van der Waals surface area contributed by atoms with E-state index in [0.29, 0.717) is 22.7 Å². The van der Waals surface area contributed by atoms with Crippen molar-refractivity contribution in [3.05, 3.63) is 23.3 Å². The molecule has 0 aromatic carbocycles. The number of rotatable bonds is 6. The molecule has 7 unspecified atom stereocenters. The molecule has 204 valence electrons. The lowest BCUT2D eigenvalue weighted by molar-refractivity contribution is -0.167. The molecule has 0 saturated heterocycles. The minimum Gasteiger partial charge on any atom is -0.462 e. The molecule has 2 saturated carbocycles. The van der Waals surface area contributed by atoms with Gasteiger partial charge in [0.25, 0.3) is 0 Å². The smallest absolute Gasteiger partial charge is 0.302 e. The van der Waals surface area contributed by atoms with E-state index in [1.165, 1.54) is 38.5 Å². The van der Waals surface area contributed by atoms with Crippen molar-refractivity contribution in [3.8, 4) is 0 Å². The Bertz CT molecular complexity index is 925. The maximum absolute atomic E-state index is 11.8. The summed E-state index contributed by atoms with van der Waals surface area (Å²) in [4.78, 5) is 11.8. The van der Waals surface area contributed by atoms with Crippen LogP contribution in [0.15, 0.2) is 23.3 Å². The Morgan fingerprint density at radius 3 is 2.36 bits per heavy atom. The van der Waals surface area contributed by atoms with Crippen molar-refractivity contribution in [2.75, 3.05) is 7.11 Å². The van der Waals surface area contributed by atoms with Crippen LogP contribution in [-0.4, -0.2) is 24.8 Å². The zero-order valence-corrected chi connectivity index (χ0v) is 25.1. The molecular formula is C33H54O3.